The van der Waals surface area contributed by atoms with Crippen LogP contribution in [0.3, 0.4) is 0 Å². The average Bonchev–Trinajstić information content (AvgIpc) is 2.44. The minimum Gasteiger partial charge on any atom is -0.378 e. The van der Waals surface area contributed by atoms with Gasteiger partial charge in [-0.3, -0.25) is 4.79 Å². The van der Waals surface area contributed by atoms with Gasteiger partial charge in [0.2, 0.25) is 5.56 Å². The fourth-order valence-corrected chi connectivity index (χ4v) is 3.30. The average molecular weight is 351 g/mol. The minimum absolute atomic E-state index is 0.0692. The third kappa shape index (κ3) is 2.88. The molecule has 1 unspecified atom stereocenters. The summed E-state index contributed by atoms with van der Waals surface area (Å²) in [6.07, 6.45) is 2.86. The predicted molar refractivity (Wildman–Crippen MR) is 85.2 cm³/mol. The van der Waals surface area contributed by atoms with Gasteiger partial charge in [0.05, 0.1) is 10.5 Å². The molecule has 1 heterocycles. The normalized spacial score (nSPS) is 17.4. The molecule has 0 spiro atoms. The van der Waals surface area contributed by atoms with E-state index in [1.165, 1.54) is 6.07 Å². The van der Waals surface area contributed by atoms with Crippen LogP contribution in [-0.4, -0.2) is 4.98 Å². The Labute approximate surface area is 130 Å². The quantitative estimate of drug-likeness (QED) is 0.857. The number of aryl methyl sites for hydroxylation is 2. The van der Waals surface area contributed by atoms with Gasteiger partial charge in [0.1, 0.15) is 5.82 Å². The molecule has 0 amide bonds. The van der Waals surface area contributed by atoms with Crippen molar-refractivity contribution in [1.29, 1.82) is 0 Å². The lowest BCUT2D eigenvalue weighted by molar-refractivity contribution is 0.584. The molecule has 2 aromatic rings. The van der Waals surface area contributed by atoms with E-state index in [1.807, 2.05) is 13.0 Å². The van der Waals surface area contributed by atoms with Crippen LogP contribution in [0.4, 0.5) is 10.1 Å². The second kappa shape index (κ2) is 5.64. The molecule has 0 fully saturated rings. The fraction of sp³-hybridized carbons (Fsp3) is 0.312. The first-order valence-electron chi connectivity index (χ1n) is 6.99. The van der Waals surface area contributed by atoms with Crippen molar-refractivity contribution in [3.05, 3.63) is 61.7 Å². The van der Waals surface area contributed by atoms with Crippen LogP contribution in [0.25, 0.3) is 0 Å². The summed E-state index contributed by atoms with van der Waals surface area (Å²) in [7, 11) is 0. The lowest BCUT2D eigenvalue weighted by Crippen LogP contribution is -2.22. The second-order valence-corrected chi connectivity index (χ2v) is 6.28. The summed E-state index contributed by atoms with van der Waals surface area (Å²) in [5.41, 5.74) is 3.80. The van der Waals surface area contributed by atoms with Gasteiger partial charge in [-0.1, -0.05) is 0 Å². The second-order valence-electron chi connectivity index (χ2n) is 5.43. The molecule has 2 N–H and O–H groups in total. The number of hydrogen-bond acceptors (Lipinski definition) is 2. The van der Waals surface area contributed by atoms with Crippen molar-refractivity contribution in [2.24, 2.45) is 0 Å². The molecule has 1 aromatic carbocycles. The van der Waals surface area contributed by atoms with Crippen molar-refractivity contribution in [1.82, 2.24) is 4.98 Å². The van der Waals surface area contributed by atoms with Crippen LogP contribution in [0.15, 0.2) is 33.5 Å². The molecule has 1 aliphatic carbocycles. The molecule has 3 nitrogen and oxygen atoms in total. The Balaban J connectivity index is 1.94. The topological polar surface area (TPSA) is 44.9 Å². The molecule has 0 saturated carbocycles. The number of rotatable bonds is 2. The van der Waals surface area contributed by atoms with Crippen molar-refractivity contribution < 1.29 is 4.39 Å². The molecule has 1 atom stereocenters. The number of aromatic amines is 1. The van der Waals surface area contributed by atoms with E-state index >= 15 is 0 Å². The van der Waals surface area contributed by atoms with Crippen molar-refractivity contribution in [2.45, 2.75) is 32.2 Å². The van der Waals surface area contributed by atoms with Crippen molar-refractivity contribution in [3.63, 3.8) is 0 Å². The molecule has 21 heavy (non-hydrogen) atoms. The van der Waals surface area contributed by atoms with Gasteiger partial charge < -0.3 is 10.3 Å². The lowest BCUT2D eigenvalue weighted by atomic mass is 9.91. The molecule has 1 aliphatic rings. The fourth-order valence-electron chi connectivity index (χ4n) is 2.84. The maximum absolute atomic E-state index is 13.7. The zero-order chi connectivity index (χ0) is 15.0. The van der Waals surface area contributed by atoms with Gasteiger partial charge in [-0.05, 0) is 71.4 Å². The predicted octanol–water partition coefficient (Wildman–Crippen LogP) is 4.07. The molecule has 110 valence electrons. The number of fused-ring (bicyclic) bond motifs is 1. The minimum atomic E-state index is -0.277. The van der Waals surface area contributed by atoms with Gasteiger partial charge >= 0.3 is 0 Å². The molecule has 0 aliphatic heterocycles. The smallest absolute Gasteiger partial charge is 0.248 e. The highest BCUT2D eigenvalue weighted by Gasteiger charge is 2.21. The molecule has 0 radical (unpaired) electrons. The number of nitrogens with one attached hydrogen (secondary N) is 2. The first-order valence-corrected chi connectivity index (χ1v) is 7.78. The lowest BCUT2D eigenvalue weighted by Gasteiger charge is -2.27. The monoisotopic (exact) mass is 350 g/mol. The van der Waals surface area contributed by atoms with Crippen LogP contribution in [0.5, 0.6) is 0 Å². The maximum atomic E-state index is 13.7. The molecule has 0 bridgehead atoms. The van der Waals surface area contributed by atoms with Gasteiger partial charge in [-0.15, -0.1) is 0 Å². The molecular formula is C16H16BrFN2O. The molecule has 1 aromatic heterocycles. The number of anilines is 1. The highest BCUT2D eigenvalue weighted by atomic mass is 79.9. The Morgan fingerprint density at radius 1 is 1.38 bits per heavy atom. The molecule has 3 rings (SSSR count). The maximum Gasteiger partial charge on any atom is 0.248 e. The Morgan fingerprint density at radius 2 is 2.19 bits per heavy atom. The third-order valence-corrected chi connectivity index (χ3v) is 4.54. The van der Waals surface area contributed by atoms with E-state index in [0.29, 0.717) is 4.47 Å². The van der Waals surface area contributed by atoms with E-state index < -0.39 is 0 Å². The zero-order valence-electron chi connectivity index (χ0n) is 11.7. The van der Waals surface area contributed by atoms with Crippen LogP contribution >= 0.6 is 15.9 Å². The highest BCUT2D eigenvalue weighted by Crippen LogP contribution is 2.33. The van der Waals surface area contributed by atoms with E-state index in [4.69, 9.17) is 0 Å². The zero-order valence-corrected chi connectivity index (χ0v) is 13.3. The van der Waals surface area contributed by atoms with Crippen LogP contribution in [-0.2, 0) is 6.42 Å². The number of pyridine rings is 1. The van der Waals surface area contributed by atoms with Gasteiger partial charge in [0, 0.05) is 17.4 Å². The van der Waals surface area contributed by atoms with Crippen molar-refractivity contribution in [2.75, 3.05) is 5.32 Å². The first kappa shape index (κ1) is 14.3. The van der Waals surface area contributed by atoms with E-state index in [9.17, 15) is 9.18 Å². The Morgan fingerprint density at radius 3 is 3.00 bits per heavy atom. The van der Waals surface area contributed by atoms with E-state index in [0.717, 1.165) is 41.8 Å². The molecule has 5 heteroatoms. The van der Waals surface area contributed by atoms with Gasteiger partial charge in [-0.2, -0.15) is 0 Å². The molecular weight excluding hydrogens is 335 g/mol. The van der Waals surface area contributed by atoms with Gasteiger partial charge in [0.15, 0.2) is 0 Å². The Bertz CT molecular complexity index is 742. The number of H-pyrrole nitrogens is 1. The van der Waals surface area contributed by atoms with Crippen molar-refractivity contribution in [3.8, 4) is 0 Å². The summed E-state index contributed by atoms with van der Waals surface area (Å²) in [6.45, 7) is 1.95. The van der Waals surface area contributed by atoms with Gasteiger partial charge in [0.25, 0.3) is 0 Å². The Kier molecular flexibility index (Phi) is 3.85. The van der Waals surface area contributed by atoms with Crippen LogP contribution in [0, 0.1) is 12.7 Å². The van der Waals surface area contributed by atoms with Gasteiger partial charge in [-0.25, -0.2) is 4.39 Å². The van der Waals surface area contributed by atoms with E-state index in [1.54, 1.807) is 12.1 Å². The summed E-state index contributed by atoms with van der Waals surface area (Å²) in [5, 5.41) is 3.41. The summed E-state index contributed by atoms with van der Waals surface area (Å²) < 4.78 is 14.2. The van der Waals surface area contributed by atoms with Crippen LogP contribution < -0.4 is 10.9 Å². The summed E-state index contributed by atoms with van der Waals surface area (Å²) in [4.78, 5) is 14.3. The third-order valence-electron chi connectivity index (χ3n) is 3.93. The Hall–Kier alpha value is -1.62. The number of benzene rings is 1. The van der Waals surface area contributed by atoms with E-state index in [-0.39, 0.29) is 17.4 Å². The summed E-state index contributed by atoms with van der Waals surface area (Å²) >= 11 is 3.20. The highest BCUT2D eigenvalue weighted by molar-refractivity contribution is 9.10. The van der Waals surface area contributed by atoms with Crippen molar-refractivity contribution >= 4 is 21.6 Å². The largest absolute Gasteiger partial charge is 0.378 e. The first-order chi connectivity index (χ1) is 10.0. The standard InChI is InChI=1S/C16H16BrFN2O/c1-9-7-11(17)12(18)8-15(9)19-13-3-2-4-14-10(13)5-6-16(21)20-14/h5-8,13,19H,2-4H2,1H3,(H,20,21). The SMILES string of the molecule is Cc1cc(Br)c(F)cc1NC1CCCc2[nH]c(=O)ccc21. The van der Waals surface area contributed by atoms with Crippen LogP contribution in [0.1, 0.15) is 35.7 Å². The number of hydrogen-bond donors (Lipinski definition) is 2. The number of aromatic nitrogens is 1. The van der Waals surface area contributed by atoms with E-state index in [2.05, 4.69) is 26.2 Å². The number of halogens is 2. The summed E-state index contributed by atoms with van der Waals surface area (Å²) in [5.74, 6) is -0.277. The summed E-state index contributed by atoms with van der Waals surface area (Å²) in [6, 6.07) is 6.81. The molecule has 0 saturated heterocycles. The van der Waals surface area contributed by atoms with Crippen LogP contribution in [0.2, 0.25) is 0 Å².